The van der Waals surface area contributed by atoms with E-state index in [0.717, 1.165) is 44.6 Å². The van der Waals surface area contributed by atoms with Crippen molar-refractivity contribution in [3.05, 3.63) is 16.8 Å². The molecule has 3 rings (SSSR count). The maximum Gasteiger partial charge on any atom is 0.234 e. The number of anilines is 1. The molecule has 2 aliphatic rings. The van der Waals surface area contributed by atoms with Gasteiger partial charge in [0.05, 0.1) is 11.1 Å². The van der Waals surface area contributed by atoms with Crippen LogP contribution in [-0.2, 0) is 4.79 Å². The van der Waals surface area contributed by atoms with Gasteiger partial charge in [0, 0.05) is 18.5 Å². The van der Waals surface area contributed by atoms with Crippen molar-refractivity contribution in [2.24, 2.45) is 5.41 Å². The Bertz CT molecular complexity index is 417. The number of nitrogens with zero attached hydrogens (tertiary/aromatic N) is 2. The van der Waals surface area contributed by atoms with Crippen molar-refractivity contribution >= 4 is 22.9 Å². The average molecular weight is 250 g/mol. The molecule has 17 heavy (non-hydrogen) atoms. The molecule has 2 aliphatic heterocycles. The molecule has 0 bridgehead atoms. The highest BCUT2D eigenvalue weighted by molar-refractivity contribution is 7.08. The first kappa shape index (κ1) is 11.2. The van der Waals surface area contributed by atoms with Crippen molar-refractivity contribution in [1.29, 1.82) is 0 Å². The maximum atomic E-state index is 12.6. The molecule has 1 spiro atoms. The van der Waals surface area contributed by atoms with Crippen molar-refractivity contribution < 1.29 is 4.79 Å². The van der Waals surface area contributed by atoms with E-state index in [4.69, 9.17) is 0 Å². The number of piperidine rings is 1. The quantitative estimate of drug-likeness (QED) is 0.763. The van der Waals surface area contributed by atoms with E-state index >= 15 is 0 Å². The van der Waals surface area contributed by atoms with Crippen molar-refractivity contribution in [2.75, 3.05) is 31.6 Å². The van der Waals surface area contributed by atoms with Crippen LogP contribution < -0.4 is 4.90 Å². The smallest absolute Gasteiger partial charge is 0.234 e. The molecule has 92 valence electrons. The first-order valence-corrected chi connectivity index (χ1v) is 7.18. The Morgan fingerprint density at radius 1 is 1.35 bits per heavy atom. The van der Waals surface area contributed by atoms with Gasteiger partial charge in [-0.15, -0.1) is 0 Å². The molecule has 0 aromatic carbocycles. The molecule has 1 amide bonds. The Labute approximate surface area is 106 Å². The van der Waals surface area contributed by atoms with Gasteiger partial charge in [0.2, 0.25) is 5.91 Å². The zero-order chi connectivity index (χ0) is 11.9. The number of likely N-dealkylation sites (tertiary alicyclic amines) is 1. The number of amides is 1. The molecular formula is C13H18N2OS. The fourth-order valence-corrected chi connectivity index (χ4v) is 3.86. The summed E-state index contributed by atoms with van der Waals surface area (Å²) in [5.74, 6) is 0.349. The van der Waals surface area contributed by atoms with E-state index in [1.807, 2.05) is 16.3 Å². The van der Waals surface area contributed by atoms with Gasteiger partial charge in [-0.2, -0.15) is 11.3 Å². The van der Waals surface area contributed by atoms with E-state index in [0.29, 0.717) is 5.91 Å². The second-order valence-electron chi connectivity index (χ2n) is 5.31. The predicted octanol–water partition coefficient (Wildman–Crippen LogP) is 2.20. The normalized spacial score (nSPS) is 30.4. The molecule has 1 aromatic rings. The standard InChI is InChI=1S/C13H18N2OS/c1-14-6-2-4-13(10-14)5-7-15(12(13)16)11-3-8-17-9-11/h3,8-9H,2,4-7,10H2,1H3/t13-/m0/s1. The van der Waals surface area contributed by atoms with Gasteiger partial charge >= 0.3 is 0 Å². The lowest BCUT2D eigenvalue weighted by atomic mass is 9.78. The molecule has 0 radical (unpaired) electrons. The summed E-state index contributed by atoms with van der Waals surface area (Å²) in [4.78, 5) is 16.9. The van der Waals surface area contributed by atoms with E-state index in [-0.39, 0.29) is 5.41 Å². The summed E-state index contributed by atoms with van der Waals surface area (Å²) in [5.41, 5.74) is 1.000. The van der Waals surface area contributed by atoms with E-state index in [1.165, 1.54) is 0 Å². The fourth-order valence-electron chi connectivity index (χ4n) is 3.22. The second-order valence-corrected chi connectivity index (χ2v) is 6.09. The van der Waals surface area contributed by atoms with E-state index in [9.17, 15) is 4.79 Å². The molecule has 3 heterocycles. The van der Waals surface area contributed by atoms with Gasteiger partial charge in [-0.3, -0.25) is 4.79 Å². The van der Waals surface area contributed by atoms with E-state index in [2.05, 4.69) is 17.3 Å². The number of carbonyl (C=O) groups is 1. The van der Waals surface area contributed by atoms with Gasteiger partial charge < -0.3 is 9.80 Å². The molecule has 1 atom stereocenters. The molecule has 4 heteroatoms. The molecule has 3 nitrogen and oxygen atoms in total. The van der Waals surface area contributed by atoms with Gasteiger partial charge in [0.15, 0.2) is 0 Å². The molecule has 0 aliphatic carbocycles. The Kier molecular flexibility index (Phi) is 2.71. The molecular weight excluding hydrogens is 232 g/mol. The van der Waals surface area contributed by atoms with Crippen molar-refractivity contribution in [3.8, 4) is 0 Å². The number of rotatable bonds is 1. The SMILES string of the molecule is CN1CCC[C@]2(CCN(c3ccsc3)C2=O)C1. The zero-order valence-electron chi connectivity index (χ0n) is 10.2. The third-order valence-corrected chi connectivity index (χ3v) is 4.77. The van der Waals surface area contributed by atoms with Gasteiger partial charge in [0.1, 0.15) is 0 Å². The Hall–Kier alpha value is -0.870. The summed E-state index contributed by atoms with van der Waals surface area (Å²) in [6.45, 7) is 2.96. The van der Waals surface area contributed by atoms with Crippen molar-refractivity contribution in [1.82, 2.24) is 4.90 Å². The van der Waals surface area contributed by atoms with Gasteiger partial charge in [-0.1, -0.05) is 0 Å². The number of hydrogen-bond acceptors (Lipinski definition) is 3. The Morgan fingerprint density at radius 2 is 2.24 bits per heavy atom. The monoisotopic (exact) mass is 250 g/mol. The van der Waals surface area contributed by atoms with Crippen LogP contribution in [0, 0.1) is 5.41 Å². The summed E-state index contributed by atoms with van der Waals surface area (Å²) in [7, 11) is 2.13. The third-order valence-electron chi connectivity index (χ3n) is 4.10. The highest BCUT2D eigenvalue weighted by Gasteiger charge is 2.48. The molecule has 1 aromatic heterocycles. The summed E-state index contributed by atoms with van der Waals surface area (Å²) in [5, 5.41) is 4.12. The average Bonchev–Trinajstić information content (AvgIpc) is 2.90. The lowest BCUT2D eigenvalue weighted by Gasteiger charge is -2.37. The van der Waals surface area contributed by atoms with Crippen LogP contribution in [0.3, 0.4) is 0 Å². The van der Waals surface area contributed by atoms with Crippen LogP contribution in [-0.4, -0.2) is 37.5 Å². The highest BCUT2D eigenvalue weighted by atomic mass is 32.1. The number of carbonyl (C=O) groups excluding carboxylic acids is 1. The van der Waals surface area contributed by atoms with Crippen LogP contribution in [0.25, 0.3) is 0 Å². The molecule has 0 N–H and O–H groups in total. The summed E-state index contributed by atoms with van der Waals surface area (Å²) >= 11 is 1.66. The number of thiophene rings is 1. The minimum atomic E-state index is -0.0884. The van der Waals surface area contributed by atoms with E-state index in [1.54, 1.807) is 11.3 Å². The van der Waals surface area contributed by atoms with Crippen molar-refractivity contribution in [2.45, 2.75) is 19.3 Å². The minimum absolute atomic E-state index is 0.0884. The van der Waals surface area contributed by atoms with Gasteiger partial charge in [-0.25, -0.2) is 0 Å². The van der Waals surface area contributed by atoms with Crippen LogP contribution in [0.15, 0.2) is 16.8 Å². The summed E-state index contributed by atoms with van der Waals surface area (Å²) in [6.07, 6.45) is 3.24. The van der Waals surface area contributed by atoms with E-state index < -0.39 is 0 Å². The van der Waals surface area contributed by atoms with Crippen LogP contribution in [0.4, 0.5) is 5.69 Å². The second kappa shape index (κ2) is 4.10. The largest absolute Gasteiger partial charge is 0.311 e. The topological polar surface area (TPSA) is 23.6 Å². The van der Waals surface area contributed by atoms with Crippen LogP contribution in [0.5, 0.6) is 0 Å². The first-order chi connectivity index (χ1) is 8.21. The fraction of sp³-hybridized carbons (Fsp3) is 0.615. The Morgan fingerprint density at radius 3 is 2.94 bits per heavy atom. The highest BCUT2D eigenvalue weighted by Crippen LogP contribution is 2.41. The zero-order valence-corrected chi connectivity index (χ0v) is 11.0. The maximum absolute atomic E-state index is 12.6. The molecule has 0 saturated carbocycles. The lowest BCUT2D eigenvalue weighted by Crippen LogP contribution is -2.46. The summed E-state index contributed by atoms with van der Waals surface area (Å²) < 4.78 is 0. The van der Waals surface area contributed by atoms with Crippen LogP contribution in [0.2, 0.25) is 0 Å². The number of hydrogen-bond donors (Lipinski definition) is 0. The predicted molar refractivity (Wildman–Crippen MR) is 70.5 cm³/mol. The van der Waals surface area contributed by atoms with Crippen LogP contribution in [0.1, 0.15) is 19.3 Å². The molecule has 2 fully saturated rings. The summed E-state index contributed by atoms with van der Waals surface area (Å²) in [6, 6.07) is 2.05. The van der Waals surface area contributed by atoms with Gasteiger partial charge in [-0.05, 0) is 44.3 Å². The third kappa shape index (κ3) is 1.79. The molecule has 0 unspecified atom stereocenters. The molecule has 2 saturated heterocycles. The first-order valence-electron chi connectivity index (χ1n) is 6.24. The van der Waals surface area contributed by atoms with Crippen molar-refractivity contribution in [3.63, 3.8) is 0 Å². The van der Waals surface area contributed by atoms with Crippen LogP contribution >= 0.6 is 11.3 Å². The van der Waals surface area contributed by atoms with Gasteiger partial charge in [0.25, 0.3) is 0 Å². The minimum Gasteiger partial charge on any atom is -0.311 e. The lowest BCUT2D eigenvalue weighted by molar-refractivity contribution is -0.128. The Balaban J connectivity index is 1.84.